The third-order valence-corrected chi connectivity index (χ3v) is 9.91. The molecule has 3 aromatic rings. The van der Waals surface area contributed by atoms with E-state index in [0.29, 0.717) is 24.9 Å². The summed E-state index contributed by atoms with van der Waals surface area (Å²) in [7, 11) is -2.00. The Hall–Kier alpha value is -3.84. The number of amides is 1. The van der Waals surface area contributed by atoms with Gasteiger partial charge in [-0.15, -0.1) is 0 Å². The Kier molecular flexibility index (Phi) is 11.8. The Morgan fingerprint density at radius 2 is 1.64 bits per heavy atom. The molecule has 0 aliphatic carbocycles. The second kappa shape index (κ2) is 15.8. The highest BCUT2D eigenvalue weighted by Crippen LogP contribution is 2.26. The quantitative estimate of drug-likeness (QED) is 0.205. The number of benzene rings is 3. The first-order valence-corrected chi connectivity index (χ1v) is 16.2. The highest BCUT2D eigenvalue weighted by atomic mass is 32.2. The third kappa shape index (κ3) is 8.85. The molecule has 0 spiro atoms. The van der Waals surface area contributed by atoms with Crippen LogP contribution in [0.1, 0.15) is 36.3 Å². The zero-order valence-electron chi connectivity index (χ0n) is 24.9. The Morgan fingerprint density at radius 1 is 1.02 bits per heavy atom. The summed E-state index contributed by atoms with van der Waals surface area (Å²) in [5, 5.41) is 20.5. The van der Waals surface area contributed by atoms with E-state index in [1.165, 1.54) is 16.4 Å². The van der Waals surface area contributed by atoms with Crippen LogP contribution in [-0.4, -0.2) is 91.1 Å². The summed E-state index contributed by atoms with van der Waals surface area (Å²) >= 11 is 0. The summed E-state index contributed by atoms with van der Waals surface area (Å²) in [5.74, 6) is -0.00213. The minimum atomic E-state index is -3.62. The average molecular weight is 625 g/mol. The van der Waals surface area contributed by atoms with Gasteiger partial charge in [-0.2, -0.15) is 0 Å². The van der Waals surface area contributed by atoms with Crippen LogP contribution in [0.25, 0.3) is 0 Å². The maximum absolute atomic E-state index is 13.2. The van der Waals surface area contributed by atoms with E-state index in [1.807, 2.05) is 30.3 Å². The molecule has 1 saturated heterocycles. The lowest BCUT2D eigenvalue weighted by molar-refractivity contribution is -0.384. The van der Waals surface area contributed by atoms with Crippen LogP contribution >= 0.6 is 0 Å². The van der Waals surface area contributed by atoms with E-state index in [4.69, 9.17) is 4.74 Å². The molecule has 4 rings (SSSR count). The topological polar surface area (TPSA) is 134 Å². The number of non-ortho nitro benzene ring substituents is 1. The number of nitro groups is 1. The first-order valence-electron chi connectivity index (χ1n) is 14.8. The fourth-order valence-corrected chi connectivity index (χ4v) is 6.77. The third-order valence-electron chi connectivity index (χ3n) is 8.08. The van der Waals surface area contributed by atoms with E-state index in [1.54, 1.807) is 54.4 Å². The van der Waals surface area contributed by atoms with Gasteiger partial charge in [0.25, 0.3) is 5.69 Å². The summed E-state index contributed by atoms with van der Waals surface area (Å²) in [6, 6.07) is 24.2. The van der Waals surface area contributed by atoms with Gasteiger partial charge in [0.15, 0.2) is 0 Å². The van der Waals surface area contributed by atoms with Gasteiger partial charge in [-0.3, -0.25) is 10.1 Å². The molecule has 0 radical (unpaired) electrons. The van der Waals surface area contributed by atoms with Crippen molar-refractivity contribution in [3.63, 3.8) is 0 Å². The normalized spacial score (nSPS) is 15.2. The molecule has 1 fully saturated rings. The number of carbonyl (C=O) groups is 1. The molecule has 0 aromatic heterocycles. The van der Waals surface area contributed by atoms with E-state index in [-0.39, 0.29) is 42.3 Å². The van der Waals surface area contributed by atoms with Crippen molar-refractivity contribution in [2.75, 3.05) is 46.4 Å². The molecule has 1 N–H and O–H groups in total. The number of carbonyl (C=O) groups excluding carboxylic acids is 1. The molecular formula is C32H40N4O7S. The number of piperidine rings is 1. The number of aliphatic hydroxyl groups excluding tert-OH is 1. The fraction of sp³-hybridized carbons (Fsp3) is 0.406. The summed E-state index contributed by atoms with van der Waals surface area (Å²) in [4.78, 5) is 27.5. The first-order chi connectivity index (χ1) is 21.2. The molecule has 1 atom stereocenters. The molecule has 11 nitrogen and oxygen atoms in total. The molecule has 0 unspecified atom stereocenters. The van der Waals surface area contributed by atoms with E-state index >= 15 is 0 Å². The fourth-order valence-electron chi connectivity index (χ4n) is 5.54. The Labute approximate surface area is 258 Å². The highest BCUT2D eigenvalue weighted by Gasteiger charge is 2.30. The number of hydrogen-bond donors (Lipinski definition) is 1. The standard InChI is InChI=1S/C32H40N4O7S/c1-33(44(41,42)31-10-6-3-7-11-31)24-28(27-8-4-2-5-9-27)16-19-34-20-17-29(18-21-34)35(22-23-37)32(38)43-25-26-12-14-30(15-13-26)36(39)40/h2-15,28-29,37H,16-25H2,1H3/t28-/m1/s1. The van der Waals surface area contributed by atoms with Crippen molar-refractivity contribution in [2.24, 2.45) is 0 Å². The lowest BCUT2D eigenvalue weighted by Crippen LogP contribution is -2.48. The lowest BCUT2D eigenvalue weighted by Gasteiger charge is -2.38. The monoisotopic (exact) mass is 624 g/mol. The molecule has 44 heavy (non-hydrogen) atoms. The van der Waals surface area contributed by atoms with Crippen molar-refractivity contribution in [1.29, 1.82) is 0 Å². The Balaban J connectivity index is 1.32. The van der Waals surface area contributed by atoms with Crippen LogP contribution in [-0.2, 0) is 21.4 Å². The number of hydrogen-bond acceptors (Lipinski definition) is 8. The van der Waals surface area contributed by atoms with Crippen LogP contribution in [0, 0.1) is 10.1 Å². The summed E-state index contributed by atoms with van der Waals surface area (Å²) in [5.41, 5.74) is 1.69. The molecule has 3 aromatic carbocycles. The number of rotatable bonds is 14. The SMILES string of the molecule is CN(C[C@@H](CCN1CCC(N(CCO)C(=O)OCc2ccc([N+](=O)[O-])cc2)CC1)c1ccccc1)S(=O)(=O)c1ccccc1. The summed E-state index contributed by atoms with van der Waals surface area (Å²) in [6.07, 6.45) is 1.67. The predicted molar refractivity (Wildman–Crippen MR) is 167 cm³/mol. The van der Waals surface area contributed by atoms with Crippen molar-refractivity contribution in [3.8, 4) is 0 Å². The van der Waals surface area contributed by atoms with Gasteiger partial charge in [0.05, 0.1) is 16.4 Å². The van der Waals surface area contributed by atoms with Crippen molar-refractivity contribution in [3.05, 3.63) is 106 Å². The Morgan fingerprint density at radius 3 is 2.23 bits per heavy atom. The zero-order valence-corrected chi connectivity index (χ0v) is 25.7. The molecular weight excluding hydrogens is 584 g/mol. The van der Waals surface area contributed by atoms with Crippen molar-refractivity contribution >= 4 is 21.8 Å². The van der Waals surface area contributed by atoms with E-state index in [0.717, 1.165) is 31.6 Å². The van der Waals surface area contributed by atoms with Crippen LogP contribution in [0.4, 0.5) is 10.5 Å². The minimum absolute atomic E-state index is 0.00213. The number of nitrogens with zero attached hydrogens (tertiary/aromatic N) is 4. The molecule has 1 aliphatic heterocycles. The van der Waals surface area contributed by atoms with Gasteiger partial charge in [0.1, 0.15) is 6.61 Å². The maximum Gasteiger partial charge on any atom is 0.410 e. The first kappa shape index (κ1) is 33.1. The number of nitro benzene ring substituents is 1. The molecule has 0 bridgehead atoms. The largest absolute Gasteiger partial charge is 0.445 e. The predicted octanol–water partition coefficient (Wildman–Crippen LogP) is 4.48. The van der Waals surface area contributed by atoms with Gasteiger partial charge in [-0.05, 0) is 67.1 Å². The van der Waals surface area contributed by atoms with Crippen molar-refractivity contribution in [2.45, 2.75) is 42.7 Å². The number of aliphatic hydroxyl groups is 1. The number of sulfonamides is 1. The van der Waals surface area contributed by atoms with E-state index in [9.17, 15) is 28.4 Å². The van der Waals surface area contributed by atoms with Gasteiger partial charge in [-0.25, -0.2) is 17.5 Å². The Bertz CT molecular complexity index is 1450. The van der Waals surface area contributed by atoms with Gasteiger partial charge in [-0.1, -0.05) is 48.5 Å². The van der Waals surface area contributed by atoms with Crippen molar-refractivity contribution in [1.82, 2.24) is 14.1 Å². The highest BCUT2D eigenvalue weighted by molar-refractivity contribution is 7.89. The summed E-state index contributed by atoms with van der Waals surface area (Å²) < 4.78 is 33.3. The summed E-state index contributed by atoms with van der Waals surface area (Å²) in [6.45, 7) is 2.57. The van der Waals surface area contributed by atoms with E-state index < -0.39 is 21.0 Å². The van der Waals surface area contributed by atoms with Crippen molar-refractivity contribution < 1.29 is 28.0 Å². The maximum atomic E-state index is 13.2. The number of likely N-dealkylation sites (N-methyl/N-ethyl adjacent to an activating group) is 1. The van der Waals surface area contributed by atoms with Crippen LogP contribution in [0.3, 0.4) is 0 Å². The molecule has 0 saturated carbocycles. The average Bonchev–Trinajstić information content (AvgIpc) is 3.05. The van der Waals surface area contributed by atoms with E-state index in [2.05, 4.69) is 4.90 Å². The molecule has 12 heteroatoms. The molecule has 1 amide bonds. The molecule has 1 heterocycles. The second-order valence-corrected chi connectivity index (χ2v) is 13.0. The van der Waals surface area contributed by atoms with Crippen LogP contribution in [0.15, 0.2) is 89.8 Å². The van der Waals surface area contributed by atoms with Crippen LogP contribution < -0.4 is 0 Å². The molecule has 1 aliphatic rings. The van der Waals surface area contributed by atoms with Gasteiger partial charge in [0, 0.05) is 51.4 Å². The second-order valence-electron chi connectivity index (χ2n) is 11.0. The number of likely N-dealkylation sites (tertiary alicyclic amines) is 1. The zero-order chi connectivity index (χ0) is 31.5. The number of ether oxygens (including phenoxy) is 1. The molecule has 236 valence electrons. The minimum Gasteiger partial charge on any atom is -0.445 e. The van der Waals surface area contributed by atoms with Gasteiger partial charge < -0.3 is 19.6 Å². The van der Waals surface area contributed by atoms with Crippen LogP contribution in [0.5, 0.6) is 0 Å². The van der Waals surface area contributed by atoms with Gasteiger partial charge in [0.2, 0.25) is 10.0 Å². The lowest BCUT2D eigenvalue weighted by atomic mass is 9.94. The smallest absolute Gasteiger partial charge is 0.410 e. The van der Waals surface area contributed by atoms with Crippen LogP contribution in [0.2, 0.25) is 0 Å². The van der Waals surface area contributed by atoms with Gasteiger partial charge >= 0.3 is 6.09 Å².